The number of rotatable bonds is 4. The topological polar surface area (TPSA) is 46.1 Å². The Bertz CT molecular complexity index is 422. The maximum atomic E-state index is 5.91. The predicted molar refractivity (Wildman–Crippen MR) is 104 cm³/mol. The van der Waals surface area contributed by atoms with Crippen LogP contribution in [0.2, 0.25) is 0 Å². The molecule has 6 heteroatoms. The molecule has 0 aromatic heterocycles. The van der Waals surface area contributed by atoms with Crippen molar-refractivity contribution in [3.05, 3.63) is 11.6 Å². The van der Waals surface area contributed by atoms with Gasteiger partial charge in [0.25, 0.3) is 0 Å². The summed E-state index contributed by atoms with van der Waals surface area (Å²) in [5.74, 6) is 1.00. The van der Waals surface area contributed by atoms with Crippen molar-refractivity contribution in [1.29, 1.82) is 0 Å². The molecule has 2 saturated heterocycles. The lowest BCUT2D eigenvalue weighted by molar-refractivity contribution is -0.0816. The number of halogens is 1. The molecule has 0 aromatic rings. The fourth-order valence-electron chi connectivity index (χ4n) is 3.62. The van der Waals surface area contributed by atoms with Crippen LogP contribution < -0.4 is 5.32 Å². The Morgan fingerprint density at radius 3 is 2.87 bits per heavy atom. The lowest BCUT2D eigenvalue weighted by Crippen LogP contribution is -2.53. The Labute approximate surface area is 156 Å². The molecular formula is C17H30IN3O2. The van der Waals surface area contributed by atoms with E-state index in [-0.39, 0.29) is 36.2 Å². The van der Waals surface area contributed by atoms with Gasteiger partial charge in [0.15, 0.2) is 5.96 Å². The maximum absolute atomic E-state index is 5.91. The number of guanidine groups is 1. The smallest absolute Gasteiger partial charge is 0.193 e. The van der Waals surface area contributed by atoms with Crippen LogP contribution in [0.5, 0.6) is 0 Å². The molecule has 2 atom stereocenters. The van der Waals surface area contributed by atoms with Crippen LogP contribution in [0, 0.1) is 0 Å². The summed E-state index contributed by atoms with van der Waals surface area (Å²) in [6.45, 7) is 4.40. The maximum Gasteiger partial charge on any atom is 0.193 e. The summed E-state index contributed by atoms with van der Waals surface area (Å²) in [6.07, 6.45) is 10.1. The van der Waals surface area contributed by atoms with Gasteiger partial charge in [-0.15, -0.1) is 24.0 Å². The molecule has 2 aliphatic heterocycles. The minimum Gasteiger partial charge on any atom is -0.375 e. The summed E-state index contributed by atoms with van der Waals surface area (Å²) in [6, 6.07) is 0. The van der Waals surface area contributed by atoms with Gasteiger partial charge in [-0.25, -0.2) is 0 Å². The summed E-state index contributed by atoms with van der Waals surface area (Å²) in [5, 5.41) is 3.52. The van der Waals surface area contributed by atoms with Crippen LogP contribution in [-0.4, -0.2) is 63.0 Å². The second-order valence-corrected chi connectivity index (χ2v) is 6.39. The summed E-state index contributed by atoms with van der Waals surface area (Å²) in [4.78, 5) is 6.77. The van der Waals surface area contributed by atoms with E-state index in [4.69, 9.17) is 9.47 Å². The number of hydrogen-bond donors (Lipinski definition) is 1. The Hall–Kier alpha value is -0.340. The third-order valence-corrected chi connectivity index (χ3v) is 4.85. The number of morpholine rings is 1. The Kier molecular flexibility index (Phi) is 8.12. The number of nitrogens with one attached hydrogen (secondary N) is 1. The van der Waals surface area contributed by atoms with Crippen LogP contribution in [0.25, 0.3) is 0 Å². The van der Waals surface area contributed by atoms with Gasteiger partial charge in [0, 0.05) is 33.3 Å². The summed E-state index contributed by atoms with van der Waals surface area (Å²) < 4.78 is 11.7. The Morgan fingerprint density at radius 2 is 2.17 bits per heavy atom. The third kappa shape index (κ3) is 5.32. The highest BCUT2D eigenvalue weighted by Gasteiger charge is 2.32. The van der Waals surface area contributed by atoms with Crippen molar-refractivity contribution in [2.75, 3.05) is 39.9 Å². The molecule has 2 heterocycles. The van der Waals surface area contributed by atoms with Crippen LogP contribution in [0.3, 0.4) is 0 Å². The second kappa shape index (κ2) is 9.84. The summed E-state index contributed by atoms with van der Waals surface area (Å²) in [7, 11) is 1.87. The molecule has 0 spiro atoms. The molecule has 1 aliphatic carbocycles. The Morgan fingerprint density at radius 1 is 1.30 bits per heavy atom. The molecule has 0 aromatic carbocycles. The normalized spacial score (nSPS) is 28.5. The van der Waals surface area contributed by atoms with Gasteiger partial charge >= 0.3 is 0 Å². The van der Waals surface area contributed by atoms with E-state index in [1.165, 1.54) is 19.3 Å². The van der Waals surface area contributed by atoms with Crippen molar-refractivity contribution in [3.63, 3.8) is 0 Å². The highest BCUT2D eigenvalue weighted by atomic mass is 127. The van der Waals surface area contributed by atoms with Crippen LogP contribution in [0.1, 0.15) is 38.5 Å². The first-order valence-electron chi connectivity index (χ1n) is 8.73. The van der Waals surface area contributed by atoms with Crippen molar-refractivity contribution < 1.29 is 9.47 Å². The van der Waals surface area contributed by atoms with E-state index >= 15 is 0 Å². The molecule has 0 amide bonds. The molecular weight excluding hydrogens is 405 g/mol. The minimum atomic E-state index is 0. The second-order valence-electron chi connectivity index (χ2n) is 6.39. The lowest BCUT2D eigenvalue weighted by atomic mass is 10.1. The highest BCUT2D eigenvalue weighted by molar-refractivity contribution is 14.0. The van der Waals surface area contributed by atoms with E-state index in [9.17, 15) is 0 Å². The largest absolute Gasteiger partial charge is 0.375 e. The summed E-state index contributed by atoms with van der Waals surface area (Å²) in [5.41, 5.74) is 1.60. The molecule has 0 saturated carbocycles. The zero-order chi connectivity index (χ0) is 15.2. The number of hydrogen-bond acceptors (Lipinski definition) is 3. The summed E-state index contributed by atoms with van der Waals surface area (Å²) >= 11 is 0. The van der Waals surface area contributed by atoms with E-state index in [1.807, 2.05) is 7.05 Å². The SMILES string of the molecule is CN=C(NCCC1=CCCC1)N1CCOC(C2CCCO2)C1.I. The predicted octanol–water partition coefficient (Wildman–Crippen LogP) is 2.56. The van der Waals surface area contributed by atoms with Crippen molar-refractivity contribution in [3.8, 4) is 0 Å². The third-order valence-electron chi connectivity index (χ3n) is 4.85. The molecule has 23 heavy (non-hydrogen) atoms. The van der Waals surface area contributed by atoms with Crippen LogP contribution in [0.15, 0.2) is 16.6 Å². The molecule has 0 radical (unpaired) electrons. The molecule has 2 unspecified atom stereocenters. The highest BCUT2D eigenvalue weighted by Crippen LogP contribution is 2.21. The van der Waals surface area contributed by atoms with Crippen molar-refractivity contribution in [2.45, 2.75) is 50.7 Å². The fraction of sp³-hybridized carbons (Fsp3) is 0.824. The van der Waals surface area contributed by atoms with Crippen LogP contribution in [0.4, 0.5) is 0 Å². The van der Waals surface area contributed by atoms with Crippen molar-refractivity contribution >= 4 is 29.9 Å². The van der Waals surface area contributed by atoms with Gasteiger partial charge in [-0.2, -0.15) is 0 Å². The van der Waals surface area contributed by atoms with Crippen molar-refractivity contribution in [2.24, 2.45) is 4.99 Å². The quantitative estimate of drug-likeness (QED) is 0.319. The fourth-order valence-corrected chi connectivity index (χ4v) is 3.62. The minimum absolute atomic E-state index is 0. The van der Waals surface area contributed by atoms with Gasteiger partial charge in [0.05, 0.1) is 12.7 Å². The standard InChI is InChI=1S/C17H29N3O2.HI/c1-18-17(19-9-8-14-5-2-3-6-14)20-10-12-22-16(13-20)15-7-4-11-21-15;/h5,15-16H,2-4,6-13H2,1H3,(H,18,19);1H. The average molecular weight is 435 g/mol. The molecule has 0 bridgehead atoms. The van der Waals surface area contributed by atoms with Gasteiger partial charge in [-0.3, -0.25) is 4.99 Å². The molecule has 5 nitrogen and oxygen atoms in total. The van der Waals surface area contributed by atoms with Crippen LogP contribution in [-0.2, 0) is 9.47 Å². The first-order chi connectivity index (χ1) is 10.9. The van der Waals surface area contributed by atoms with Gasteiger partial charge in [0.2, 0.25) is 0 Å². The first-order valence-corrected chi connectivity index (χ1v) is 8.73. The first kappa shape index (κ1) is 19.0. The molecule has 132 valence electrons. The molecule has 3 aliphatic rings. The van der Waals surface area contributed by atoms with E-state index in [1.54, 1.807) is 5.57 Å². The van der Waals surface area contributed by atoms with E-state index < -0.39 is 0 Å². The van der Waals surface area contributed by atoms with Gasteiger partial charge < -0.3 is 19.7 Å². The van der Waals surface area contributed by atoms with Gasteiger partial charge in [-0.1, -0.05) is 11.6 Å². The zero-order valence-electron chi connectivity index (χ0n) is 14.1. The monoisotopic (exact) mass is 435 g/mol. The molecule has 1 N–H and O–H groups in total. The zero-order valence-corrected chi connectivity index (χ0v) is 16.5. The average Bonchev–Trinajstić information content (AvgIpc) is 3.25. The van der Waals surface area contributed by atoms with E-state index in [2.05, 4.69) is 21.3 Å². The van der Waals surface area contributed by atoms with Crippen LogP contribution >= 0.6 is 24.0 Å². The number of nitrogens with zero attached hydrogens (tertiary/aromatic N) is 2. The molecule has 3 rings (SSSR count). The van der Waals surface area contributed by atoms with E-state index in [0.29, 0.717) is 0 Å². The molecule has 2 fully saturated rings. The van der Waals surface area contributed by atoms with E-state index in [0.717, 1.165) is 58.1 Å². The van der Waals surface area contributed by atoms with Crippen molar-refractivity contribution in [1.82, 2.24) is 10.2 Å². The lowest BCUT2D eigenvalue weighted by Gasteiger charge is -2.37. The number of aliphatic imine (C=N–C) groups is 1. The number of ether oxygens (including phenoxy) is 2. The van der Waals surface area contributed by atoms with Gasteiger partial charge in [0.1, 0.15) is 6.10 Å². The van der Waals surface area contributed by atoms with Gasteiger partial charge in [-0.05, 0) is 38.5 Å². The number of allylic oxidation sites excluding steroid dienone is 1. The Balaban J connectivity index is 0.00000192.